The number of rotatable bonds is 5. The molecule has 0 aliphatic carbocycles. The highest BCUT2D eigenvalue weighted by Crippen LogP contribution is 2.27. The van der Waals surface area contributed by atoms with E-state index in [1.54, 1.807) is 6.07 Å². The monoisotopic (exact) mass is 419 g/mol. The molecule has 22 heavy (non-hydrogen) atoms. The second-order valence-corrected chi connectivity index (χ2v) is 5.10. The van der Waals surface area contributed by atoms with Crippen LogP contribution in [0.1, 0.15) is 32.3 Å². The number of hydrogen-bond donors (Lipinski definition) is 2. The Morgan fingerprint density at radius 2 is 2.05 bits per heavy atom. The van der Waals surface area contributed by atoms with Crippen molar-refractivity contribution in [3.8, 4) is 11.5 Å². The minimum Gasteiger partial charge on any atom is -0.504 e. The second kappa shape index (κ2) is 9.76. The van der Waals surface area contributed by atoms with E-state index >= 15 is 0 Å². The van der Waals surface area contributed by atoms with Gasteiger partial charge in [-0.05, 0) is 44.4 Å². The van der Waals surface area contributed by atoms with Gasteiger partial charge in [0.25, 0.3) is 0 Å². The van der Waals surface area contributed by atoms with E-state index in [0.717, 1.165) is 31.2 Å². The number of ether oxygens (including phenoxy) is 1. The van der Waals surface area contributed by atoms with Crippen LogP contribution in [0.2, 0.25) is 0 Å². The van der Waals surface area contributed by atoms with Crippen LogP contribution in [0.3, 0.4) is 0 Å². The average Bonchev–Trinajstić information content (AvgIpc) is 3.01. The normalized spacial score (nSPS) is 14.6. The quantitative estimate of drug-likeness (QED) is 0.438. The number of likely N-dealkylation sites (tertiary alicyclic amines) is 1. The van der Waals surface area contributed by atoms with Gasteiger partial charge >= 0.3 is 0 Å². The molecule has 0 bridgehead atoms. The number of aliphatic imine (C=N–C) groups is 1. The molecule has 0 unspecified atom stereocenters. The van der Waals surface area contributed by atoms with Crippen LogP contribution < -0.4 is 10.1 Å². The first-order valence-corrected chi connectivity index (χ1v) is 7.72. The Bertz CT molecular complexity index is 488. The molecule has 124 valence electrons. The Hall–Kier alpha value is -1.18. The maximum Gasteiger partial charge on any atom is 0.194 e. The molecule has 0 saturated carbocycles. The zero-order valence-corrected chi connectivity index (χ0v) is 15.7. The van der Waals surface area contributed by atoms with Gasteiger partial charge in [-0.25, -0.2) is 4.99 Å². The summed E-state index contributed by atoms with van der Waals surface area (Å²) >= 11 is 0. The van der Waals surface area contributed by atoms with E-state index in [0.29, 0.717) is 18.9 Å². The van der Waals surface area contributed by atoms with Gasteiger partial charge in [0.1, 0.15) is 0 Å². The molecule has 5 nitrogen and oxygen atoms in total. The summed E-state index contributed by atoms with van der Waals surface area (Å²) in [5.41, 5.74) is 1.03. The number of nitrogens with one attached hydrogen (secondary N) is 1. The zero-order chi connectivity index (χ0) is 15.1. The summed E-state index contributed by atoms with van der Waals surface area (Å²) in [6.45, 7) is 8.13. The standard InChI is InChI=1S/C16H25N3O2.HI/c1-3-17-16(19-9-5-6-10-19)18-12-13-7-8-14(20)15(11-13)21-4-2;/h7-8,11,20H,3-6,9-10,12H2,1-2H3,(H,17,18);1H. The molecule has 1 aromatic rings. The maximum absolute atomic E-state index is 9.72. The number of phenolic OH excluding ortho intramolecular Hbond substituents is 1. The van der Waals surface area contributed by atoms with Crippen LogP contribution in [0.15, 0.2) is 23.2 Å². The fourth-order valence-electron chi connectivity index (χ4n) is 2.45. The molecule has 1 fully saturated rings. The van der Waals surface area contributed by atoms with Gasteiger partial charge in [0, 0.05) is 19.6 Å². The molecule has 0 aromatic heterocycles. The lowest BCUT2D eigenvalue weighted by Gasteiger charge is -2.20. The SMILES string of the molecule is CCNC(=NCc1ccc(O)c(OCC)c1)N1CCCC1.I. The Morgan fingerprint density at radius 3 is 2.68 bits per heavy atom. The number of guanidine groups is 1. The third-order valence-electron chi connectivity index (χ3n) is 3.48. The first kappa shape index (κ1) is 18.9. The van der Waals surface area contributed by atoms with Gasteiger partial charge in [-0.1, -0.05) is 6.07 Å². The van der Waals surface area contributed by atoms with Gasteiger partial charge in [0.15, 0.2) is 17.5 Å². The summed E-state index contributed by atoms with van der Waals surface area (Å²) in [5, 5.41) is 13.1. The topological polar surface area (TPSA) is 57.1 Å². The van der Waals surface area contributed by atoms with Crippen molar-refractivity contribution in [1.82, 2.24) is 10.2 Å². The number of halogens is 1. The summed E-state index contributed by atoms with van der Waals surface area (Å²) in [4.78, 5) is 6.99. The van der Waals surface area contributed by atoms with Crippen LogP contribution in [0.5, 0.6) is 11.5 Å². The predicted molar refractivity (Wildman–Crippen MR) is 100 cm³/mol. The van der Waals surface area contributed by atoms with Gasteiger partial charge in [-0.15, -0.1) is 24.0 Å². The van der Waals surface area contributed by atoms with Gasteiger partial charge in [0.05, 0.1) is 13.2 Å². The van der Waals surface area contributed by atoms with Crippen molar-refractivity contribution >= 4 is 29.9 Å². The highest BCUT2D eigenvalue weighted by Gasteiger charge is 2.15. The smallest absolute Gasteiger partial charge is 0.194 e. The van der Waals surface area contributed by atoms with E-state index in [-0.39, 0.29) is 29.7 Å². The molecule has 6 heteroatoms. The van der Waals surface area contributed by atoms with E-state index in [1.807, 2.05) is 19.1 Å². The molecular formula is C16H26IN3O2. The molecule has 0 amide bonds. The first-order valence-electron chi connectivity index (χ1n) is 7.72. The van der Waals surface area contributed by atoms with Crippen LogP contribution in [-0.2, 0) is 6.54 Å². The second-order valence-electron chi connectivity index (χ2n) is 5.10. The Labute approximate surface area is 149 Å². The van der Waals surface area contributed by atoms with Crippen molar-refractivity contribution in [2.75, 3.05) is 26.2 Å². The van der Waals surface area contributed by atoms with Gasteiger partial charge in [-0.2, -0.15) is 0 Å². The fraction of sp³-hybridized carbons (Fsp3) is 0.562. The molecule has 1 aliphatic heterocycles. The lowest BCUT2D eigenvalue weighted by molar-refractivity contribution is 0.318. The van der Waals surface area contributed by atoms with E-state index in [4.69, 9.17) is 9.73 Å². The highest BCUT2D eigenvalue weighted by atomic mass is 127. The fourth-order valence-corrected chi connectivity index (χ4v) is 2.45. The van der Waals surface area contributed by atoms with Crippen LogP contribution in [0.25, 0.3) is 0 Å². The molecule has 0 radical (unpaired) electrons. The number of nitrogens with zero attached hydrogens (tertiary/aromatic N) is 2. The molecule has 0 atom stereocenters. The molecule has 2 N–H and O–H groups in total. The molecule has 1 aliphatic rings. The summed E-state index contributed by atoms with van der Waals surface area (Å²) < 4.78 is 5.41. The predicted octanol–water partition coefficient (Wildman–Crippen LogP) is 2.97. The molecule has 1 aromatic carbocycles. The average molecular weight is 419 g/mol. The van der Waals surface area contributed by atoms with Crippen molar-refractivity contribution in [3.63, 3.8) is 0 Å². The number of aromatic hydroxyl groups is 1. The summed E-state index contributed by atoms with van der Waals surface area (Å²) in [5.74, 6) is 1.67. The van der Waals surface area contributed by atoms with Crippen molar-refractivity contribution in [3.05, 3.63) is 23.8 Å². The van der Waals surface area contributed by atoms with Gasteiger partial charge < -0.3 is 20.1 Å². The van der Waals surface area contributed by atoms with Crippen LogP contribution in [-0.4, -0.2) is 42.2 Å². The van der Waals surface area contributed by atoms with Crippen LogP contribution >= 0.6 is 24.0 Å². The van der Waals surface area contributed by atoms with Crippen molar-refractivity contribution in [2.24, 2.45) is 4.99 Å². The molecule has 0 spiro atoms. The minimum absolute atomic E-state index is 0. The highest BCUT2D eigenvalue weighted by molar-refractivity contribution is 14.0. The molecule has 2 rings (SSSR count). The Kier molecular flexibility index (Phi) is 8.37. The van der Waals surface area contributed by atoms with Crippen molar-refractivity contribution < 1.29 is 9.84 Å². The van der Waals surface area contributed by atoms with Gasteiger partial charge in [-0.3, -0.25) is 0 Å². The number of phenols is 1. The first-order chi connectivity index (χ1) is 10.2. The zero-order valence-electron chi connectivity index (χ0n) is 13.3. The summed E-state index contributed by atoms with van der Waals surface area (Å²) in [7, 11) is 0. The maximum atomic E-state index is 9.72. The Morgan fingerprint density at radius 1 is 1.32 bits per heavy atom. The largest absolute Gasteiger partial charge is 0.504 e. The van der Waals surface area contributed by atoms with Crippen molar-refractivity contribution in [1.29, 1.82) is 0 Å². The minimum atomic E-state index is 0. The van der Waals surface area contributed by atoms with Crippen LogP contribution in [0.4, 0.5) is 0 Å². The number of benzene rings is 1. The third-order valence-corrected chi connectivity index (χ3v) is 3.48. The lowest BCUT2D eigenvalue weighted by Crippen LogP contribution is -2.39. The Balaban J connectivity index is 0.00000242. The summed E-state index contributed by atoms with van der Waals surface area (Å²) in [6.07, 6.45) is 2.47. The lowest BCUT2D eigenvalue weighted by atomic mass is 10.2. The third kappa shape index (κ3) is 5.23. The van der Waals surface area contributed by atoms with E-state index in [9.17, 15) is 5.11 Å². The van der Waals surface area contributed by atoms with E-state index in [1.165, 1.54) is 12.8 Å². The molecule has 1 heterocycles. The van der Waals surface area contributed by atoms with Crippen LogP contribution in [0, 0.1) is 0 Å². The number of hydrogen-bond acceptors (Lipinski definition) is 3. The van der Waals surface area contributed by atoms with Gasteiger partial charge in [0.2, 0.25) is 0 Å². The van der Waals surface area contributed by atoms with E-state index < -0.39 is 0 Å². The molecule has 1 saturated heterocycles. The van der Waals surface area contributed by atoms with Crippen molar-refractivity contribution in [2.45, 2.75) is 33.2 Å². The molecular weight excluding hydrogens is 393 g/mol. The van der Waals surface area contributed by atoms with E-state index in [2.05, 4.69) is 17.1 Å². The summed E-state index contributed by atoms with van der Waals surface area (Å²) in [6, 6.07) is 5.41.